The van der Waals surface area contributed by atoms with Gasteiger partial charge in [0.05, 0.1) is 4.90 Å². The van der Waals surface area contributed by atoms with Crippen LogP contribution in [0.5, 0.6) is 0 Å². The molecule has 1 fully saturated rings. The Balaban J connectivity index is 1.32. The van der Waals surface area contributed by atoms with E-state index in [2.05, 4.69) is 15.5 Å². The standard InChI is InChI=1S/C22H24N4O4S2/c27-21(17-9-11-19(12-10-17)32(28,29)26-14-5-2-6-15-26)23-22-25-24-20(30-22)13-16-31-18-7-3-1-4-8-18/h1,3-4,7-12H,2,5-6,13-16H2,(H,23,25,27). The van der Waals surface area contributed by atoms with Crippen LogP contribution in [0.4, 0.5) is 6.01 Å². The van der Waals surface area contributed by atoms with E-state index in [1.807, 2.05) is 30.3 Å². The maximum atomic E-state index is 12.7. The zero-order valence-corrected chi connectivity index (χ0v) is 19.1. The minimum absolute atomic E-state index is 0.0136. The lowest BCUT2D eigenvalue weighted by Gasteiger charge is -2.25. The number of hydrogen-bond donors (Lipinski definition) is 1. The number of anilines is 1. The zero-order valence-electron chi connectivity index (χ0n) is 17.4. The molecule has 0 atom stereocenters. The maximum Gasteiger partial charge on any atom is 0.322 e. The average Bonchev–Trinajstić information content (AvgIpc) is 3.27. The van der Waals surface area contributed by atoms with Crippen molar-refractivity contribution in [3.8, 4) is 0 Å². The Morgan fingerprint density at radius 3 is 2.44 bits per heavy atom. The number of aryl methyl sites for hydroxylation is 1. The lowest BCUT2D eigenvalue weighted by Crippen LogP contribution is -2.35. The van der Waals surface area contributed by atoms with E-state index >= 15 is 0 Å². The van der Waals surface area contributed by atoms with Gasteiger partial charge >= 0.3 is 6.01 Å². The molecule has 0 aliphatic carbocycles. The third kappa shape index (κ3) is 5.56. The van der Waals surface area contributed by atoms with Gasteiger partial charge in [-0.3, -0.25) is 10.1 Å². The number of nitrogens with one attached hydrogen (secondary N) is 1. The monoisotopic (exact) mass is 472 g/mol. The predicted octanol–water partition coefficient (Wildman–Crippen LogP) is 3.83. The highest BCUT2D eigenvalue weighted by Crippen LogP contribution is 2.22. The molecular weight excluding hydrogens is 448 g/mol. The molecule has 1 aromatic heterocycles. The summed E-state index contributed by atoms with van der Waals surface area (Å²) in [5, 5.41) is 10.4. The number of hydrogen-bond acceptors (Lipinski definition) is 7. The fourth-order valence-electron chi connectivity index (χ4n) is 3.38. The molecule has 1 N–H and O–H groups in total. The molecule has 32 heavy (non-hydrogen) atoms. The van der Waals surface area contributed by atoms with Crippen molar-refractivity contribution < 1.29 is 17.6 Å². The first-order valence-electron chi connectivity index (χ1n) is 10.4. The molecule has 1 amide bonds. The van der Waals surface area contributed by atoms with E-state index in [0.29, 0.717) is 31.0 Å². The zero-order chi connectivity index (χ0) is 22.4. The van der Waals surface area contributed by atoms with Crippen LogP contribution in [-0.2, 0) is 16.4 Å². The lowest BCUT2D eigenvalue weighted by molar-refractivity contribution is 0.102. The van der Waals surface area contributed by atoms with Crippen LogP contribution in [0.25, 0.3) is 0 Å². The third-order valence-electron chi connectivity index (χ3n) is 5.08. The van der Waals surface area contributed by atoms with E-state index < -0.39 is 15.9 Å². The fraction of sp³-hybridized carbons (Fsp3) is 0.318. The summed E-state index contributed by atoms with van der Waals surface area (Å²) in [6.07, 6.45) is 3.37. The number of nitrogens with zero attached hydrogens (tertiary/aromatic N) is 3. The summed E-state index contributed by atoms with van der Waals surface area (Å²) in [5.41, 5.74) is 0.307. The van der Waals surface area contributed by atoms with Crippen molar-refractivity contribution >= 4 is 33.7 Å². The number of sulfonamides is 1. The Morgan fingerprint density at radius 2 is 1.72 bits per heavy atom. The third-order valence-corrected chi connectivity index (χ3v) is 8.01. The number of carbonyl (C=O) groups excluding carboxylic acids is 1. The smallest absolute Gasteiger partial charge is 0.322 e. The molecule has 168 valence electrons. The second kappa shape index (κ2) is 10.3. The summed E-state index contributed by atoms with van der Waals surface area (Å²) in [6, 6.07) is 15.9. The van der Waals surface area contributed by atoms with E-state index in [1.165, 1.54) is 28.6 Å². The van der Waals surface area contributed by atoms with Crippen molar-refractivity contribution in [2.24, 2.45) is 0 Å². The number of thioether (sulfide) groups is 1. The second-order valence-electron chi connectivity index (χ2n) is 7.36. The topological polar surface area (TPSA) is 105 Å². The summed E-state index contributed by atoms with van der Waals surface area (Å²) in [5.74, 6) is 0.763. The molecule has 1 aliphatic rings. The molecule has 0 spiro atoms. The first-order valence-corrected chi connectivity index (χ1v) is 12.9. The normalized spacial score (nSPS) is 14.9. The first-order chi connectivity index (χ1) is 15.5. The number of amides is 1. The number of piperidine rings is 1. The summed E-state index contributed by atoms with van der Waals surface area (Å²) >= 11 is 1.68. The fourth-order valence-corrected chi connectivity index (χ4v) is 5.76. The molecule has 8 nitrogen and oxygen atoms in total. The predicted molar refractivity (Wildman–Crippen MR) is 122 cm³/mol. The molecule has 2 aromatic carbocycles. The van der Waals surface area contributed by atoms with Gasteiger partial charge in [-0.2, -0.15) is 4.31 Å². The number of rotatable bonds is 8. The van der Waals surface area contributed by atoms with Crippen molar-refractivity contribution in [3.63, 3.8) is 0 Å². The average molecular weight is 473 g/mol. The second-order valence-corrected chi connectivity index (χ2v) is 10.5. The minimum Gasteiger partial charge on any atom is -0.408 e. The van der Waals surface area contributed by atoms with Crippen LogP contribution in [0.3, 0.4) is 0 Å². The van der Waals surface area contributed by atoms with Gasteiger partial charge in [0.15, 0.2) is 0 Å². The van der Waals surface area contributed by atoms with Crippen LogP contribution >= 0.6 is 11.8 Å². The molecule has 0 bridgehead atoms. The Labute approximate surface area is 191 Å². The van der Waals surface area contributed by atoms with E-state index in [9.17, 15) is 13.2 Å². The van der Waals surface area contributed by atoms with E-state index in [-0.39, 0.29) is 10.9 Å². The van der Waals surface area contributed by atoms with Crippen LogP contribution in [0.15, 0.2) is 68.8 Å². The minimum atomic E-state index is -3.53. The number of benzene rings is 2. The molecule has 2 heterocycles. The molecule has 1 aliphatic heterocycles. The summed E-state index contributed by atoms with van der Waals surface area (Å²) in [6.45, 7) is 1.07. The summed E-state index contributed by atoms with van der Waals surface area (Å²) in [7, 11) is -3.53. The van der Waals surface area contributed by atoms with Crippen molar-refractivity contribution in [1.29, 1.82) is 0 Å². The lowest BCUT2D eigenvalue weighted by atomic mass is 10.2. The molecular formula is C22H24N4O4S2. The van der Waals surface area contributed by atoms with Gasteiger partial charge in [-0.15, -0.1) is 16.9 Å². The van der Waals surface area contributed by atoms with Gasteiger partial charge in [-0.1, -0.05) is 29.7 Å². The van der Waals surface area contributed by atoms with E-state index in [4.69, 9.17) is 4.42 Å². The van der Waals surface area contributed by atoms with Crippen LogP contribution < -0.4 is 5.32 Å². The highest BCUT2D eigenvalue weighted by atomic mass is 32.2. The molecule has 1 saturated heterocycles. The van der Waals surface area contributed by atoms with Crippen LogP contribution in [0.2, 0.25) is 0 Å². The van der Waals surface area contributed by atoms with Gasteiger partial charge < -0.3 is 4.42 Å². The molecule has 0 saturated carbocycles. The molecule has 4 rings (SSSR count). The Bertz CT molecular complexity index is 1140. The first kappa shape index (κ1) is 22.5. The summed E-state index contributed by atoms with van der Waals surface area (Å²) < 4.78 is 32.5. The van der Waals surface area contributed by atoms with Gasteiger partial charge in [-0.25, -0.2) is 8.42 Å². The van der Waals surface area contributed by atoms with Crippen molar-refractivity contribution in [2.75, 3.05) is 24.2 Å². The van der Waals surface area contributed by atoms with Gasteiger partial charge in [0.25, 0.3) is 5.91 Å². The Morgan fingerprint density at radius 1 is 1.00 bits per heavy atom. The van der Waals surface area contributed by atoms with Gasteiger partial charge in [0, 0.05) is 35.7 Å². The SMILES string of the molecule is O=C(Nc1nnc(CCSc2ccccc2)o1)c1ccc(S(=O)(=O)N2CCCCC2)cc1. The highest BCUT2D eigenvalue weighted by molar-refractivity contribution is 7.99. The van der Waals surface area contributed by atoms with Crippen molar-refractivity contribution in [3.05, 3.63) is 66.1 Å². The van der Waals surface area contributed by atoms with Crippen molar-refractivity contribution in [2.45, 2.75) is 35.5 Å². The van der Waals surface area contributed by atoms with Gasteiger partial charge in [-0.05, 0) is 49.2 Å². The van der Waals surface area contributed by atoms with Crippen LogP contribution in [-0.4, -0.2) is 47.7 Å². The molecule has 0 unspecified atom stereocenters. The highest BCUT2D eigenvalue weighted by Gasteiger charge is 2.26. The maximum absolute atomic E-state index is 12.7. The quantitative estimate of drug-likeness (QED) is 0.497. The van der Waals surface area contributed by atoms with Gasteiger partial charge in [0.1, 0.15) is 0 Å². The molecule has 10 heteroatoms. The number of aromatic nitrogens is 2. The van der Waals surface area contributed by atoms with Crippen LogP contribution in [0.1, 0.15) is 35.5 Å². The Kier molecular flexibility index (Phi) is 7.23. The van der Waals surface area contributed by atoms with E-state index in [1.54, 1.807) is 11.8 Å². The van der Waals surface area contributed by atoms with E-state index in [0.717, 1.165) is 29.9 Å². The molecule has 0 radical (unpaired) electrons. The van der Waals surface area contributed by atoms with Gasteiger partial charge in [0.2, 0.25) is 15.9 Å². The summed E-state index contributed by atoms with van der Waals surface area (Å²) in [4.78, 5) is 13.8. The Hall–Kier alpha value is -2.69. The number of carbonyl (C=O) groups is 1. The largest absolute Gasteiger partial charge is 0.408 e. The van der Waals surface area contributed by atoms with Crippen LogP contribution in [0, 0.1) is 0 Å². The molecule has 3 aromatic rings. The van der Waals surface area contributed by atoms with Crippen molar-refractivity contribution in [1.82, 2.24) is 14.5 Å².